The first-order chi connectivity index (χ1) is 9.11. The molecule has 1 saturated carbocycles. The number of hydrogen-bond acceptors (Lipinski definition) is 2. The highest BCUT2D eigenvalue weighted by atomic mass is 79.9. The molecule has 1 fully saturated rings. The normalized spacial score (nSPS) is 25.5. The number of unbranched alkanes of at least 4 members (excludes halogenated alkanes) is 1. The summed E-state index contributed by atoms with van der Waals surface area (Å²) >= 11 is 5.43. The Bertz CT molecular complexity index is 374. The molecule has 2 rings (SSSR count). The summed E-state index contributed by atoms with van der Waals surface area (Å²) in [5, 5.41) is 0. The van der Waals surface area contributed by atoms with Crippen LogP contribution in [0.4, 0.5) is 0 Å². The summed E-state index contributed by atoms with van der Waals surface area (Å²) in [6.07, 6.45) is 9.60. The number of thiophene rings is 1. The minimum Gasteiger partial charge on any atom is -0.323 e. The second kappa shape index (κ2) is 7.24. The van der Waals surface area contributed by atoms with Crippen LogP contribution < -0.4 is 5.73 Å². The molecular weight excluding hydrogens is 318 g/mol. The van der Waals surface area contributed by atoms with E-state index in [0.29, 0.717) is 5.92 Å². The van der Waals surface area contributed by atoms with Crippen LogP contribution in [0.15, 0.2) is 9.85 Å². The van der Waals surface area contributed by atoms with Crippen LogP contribution in [-0.2, 0) is 0 Å². The third-order valence-corrected chi connectivity index (χ3v) is 6.81. The topological polar surface area (TPSA) is 26.0 Å². The van der Waals surface area contributed by atoms with Gasteiger partial charge in [0.05, 0.1) is 3.79 Å². The Hall–Kier alpha value is 0.140. The van der Waals surface area contributed by atoms with E-state index < -0.39 is 0 Å². The van der Waals surface area contributed by atoms with E-state index in [4.69, 9.17) is 5.73 Å². The summed E-state index contributed by atoms with van der Waals surface area (Å²) < 4.78 is 1.24. The zero-order valence-electron chi connectivity index (χ0n) is 12.1. The van der Waals surface area contributed by atoms with Gasteiger partial charge in [0.1, 0.15) is 0 Å². The van der Waals surface area contributed by atoms with Gasteiger partial charge in [-0.3, -0.25) is 0 Å². The molecule has 0 saturated heterocycles. The molecule has 1 atom stereocenters. The van der Waals surface area contributed by atoms with Crippen LogP contribution in [0, 0.1) is 18.8 Å². The quantitative estimate of drug-likeness (QED) is 0.716. The molecule has 0 aromatic carbocycles. The maximum absolute atomic E-state index is 6.49. The summed E-state index contributed by atoms with van der Waals surface area (Å²) in [5.74, 6) is 1.67. The first-order valence-electron chi connectivity index (χ1n) is 7.63. The van der Waals surface area contributed by atoms with E-state index in [2.05, 4.69) is 35.8 Å². The van der Waals surface area contributed by atoms with Crippen LogP contribution in [0.2, 0.25) is 0 Å². The molecule has 1 aromatic heterocycles. The van der Waals surface area contributed by atoms with Crippen molar-refractivity contribution in [3.8, 4) is 0 Å². The lowest BCUT2D eigenvalue weighted by molar-refractivity contribution is 0.234. The van der Waals surface area contributed by atoms with Crippen molar-refractivity contribution in [3.63, 3.8) is 0 Å². The molecule has 108 valence electrons. The zero-order chi connectivity index (χ0) is 13.8. The zero-order valence-corrected chi connectivity index (χ0v) is 14.5. The van der Waals surface area contributed by atoms with Gasteiger partial charge in [-0.1, -0.05) is 39.0 Å². The van der Waals surface area contributed by atoms with Crippen LogP contribution in [0.3, 0.4) is 0 Å². The number of rotatable bonds is 5. The van der Waals surface area contributed by atoms with Crippen molar-refractivity contribution in [2.45, 2.75) is 64.8 Å². The van der Waals surface area contributed by atoms with Gasteiger partial charge in [-0.2, -0.15) is 0 Å². The molecule has 1 aromatic rings. The van der Waals surface area contributed by atoms with Crippen LogP contribution in [0.25, 0.3) is 0 Å². The van der Waals surface area contributed by atoms with Gasteiger partial charge in [-0.15, -0.1) is 11.3 Å². The summed E-state index contributed by atoms with van der Waals surface area (Å²) in [6, 6.07) is 2.52. The Balaban J connectivity index is 1.87. The second-order valence-corrected chi connectivity index (χ2v) is 8.46. The van der Waals surface area contributed by atoms with Gasteiger partial charge in [0.2, 0.25) is 0 Å². The van der Waals surface area contributed by atoms with Crippen LogP contribution >= 0.6 is 27.3 Å². The summed E-state index contributed by atoms with van der Waals surface area (Å²) in [5.41, 5.74) is 7.81. The molecular formula is C16H26BrNS. The standard InChI is InChI=1S/C16H26BrNS/c1-3-4-5-12-6-8-13(9-7-12)15(18)14-10-11(2)16(17)19-14/h10,12-13,15H,3-9,18H2,1-2H3. The lowest BCUT2D eigenvalue weighted by atomic mass is 9.77. The fraction of sp³-hybridized carbons (Fsp3) is 0.750. The van der Waals surface area contributed by atoms with Crippen molar-refractivity contribution < 1.29 is 0 Å². The third kappa shape index (κ3) is 4.05. The van der Waals surface area contributed by atoms with Crippen molar-refractivity contribution >= 4 is 27.3 Å². The SMILES string of the molecule is CCCCC1CCC(C(N)c2cc(C)c(Br)s2)CC1. The Morgan fingerprint density at radius 2 is 2.05 bits per heavy atom. The van der Waals surface area contributed by atoms with Crippen molar-refractivity contribution in [3.05, 3.63) is 20.3 Å². The van der Waals surface area contributed by atoms with Crippen molar-refractivity contribution in [2.75, 3.05) is 0 Å². The molecule has 0 aliphatic heterocycles. The monoisotopic (exact) mass is 343 g/mol. The molecule has 1 nitrogen and oxygen atoms in total. The van der Waals surface area contributed by atoms with Crippen molar-refractivity contribution in [1.82, 2.24) is 0 Å². The first kappa shape index (κ1) is 15.5. The van der Waals surface area contributed by atoms with Gasteiger partial charge in [0.15, 0.2) is 0 Å². The third-order valence-electron chi connectivity index (χ3n) is 4.57. The molecule has 3 heteroatoms. The minimum absolute atomic E-state index is 0.252. The Kier molecular flexibility index (Phi) is 5.91. The molecule has 19 heavy (non-hydrogen) atoms. The molecule has 0 spiro atoms. The average Bonchev–Trinajstić information content (AvgIpc) is 2.76. The van der Waals surface area contributed by atoms with Gasteiger partial charge < -0.3 is 5.73 Å². The predicted molar refractivity (Wildman–Crippen MR) is 88.7 cm³/mol. The molecule has 0 bridgehead atoms. The number of aryl methyl sites for hydroxylation is 1. The van der Waals surface area contributed by atoms with Gasteiger partial charge in [-0.05, 0) is 59.2 Å². The molecule has 1 aliphatic rings. The highest BCUT2D eigenvalue weighted by Crippen LogP contribution is 2.40. The fourth-order valence-electron chi connectivity index (χ4n) is 3.21. The smallest absolute Gasteiger partial charge is 0.0731 e. The average molecular weight is 344 g/mol. The van der Waals surface area contributed by atoms with Crippen LogP contribution in [0.1, 0.15) is 68.4 Å². The summed E-state index contributed by atoms with van der Waals surface area (Å²) in [4.78, 5) is 1.36. The van der Waals surface area contributed by atoms with Gasteiger partial charge in [-0.25, -0.2) is 0 Å². The van der Waals surface area contributed by atoms with Crippen molar-refractivity contribution in [1.29, 1.82) is 0 Å². The second-order valence-electron chi connectivity index (χ2n) is 6.05. The fourth-order valence-corrected chi connectivity index (χ4v) is 4.88. The number of halogens is 1. The lowest BCUT2D eigenvalue weighted by Gasteiger charge is -2.31. The number of hydrogen-bond donors (Lipinski definition) is 1. The molecule has 2 N–H and O–H groups in total. The van der Waals surface area contributed by atoms with E-state index in [-0.39, 0.29) is 6.04 Å². The summed E-state index contributed by atoms with van der Waals surface area (Å²) in [6.45, 7) is 4.44. The lowest BCUT2D eigenvalue weighted by Crippen LogP contribution is -2.25. The number of nitrogens with two attached hydrogens (primary N) is 1. The molecule has 1 heterocycles. The van der Waals surface area contributed by atoms with Gasteiger partial charge in [0.25, 0.3) is 0 Å². The molecule has 1 unspecified atom stereocenters. The van der Waals surface area contributed by atoms with E-state index in [9.17, 15) is 0 Å². The van der Waals surface area contributed by atoms with E-state index in [1.54, 1.807) is 0 Å². The van der Waals surface area contributed by atoms with Crippen molar-refractivity contribution in [2.24, 2.45) is 17.6 Å². The van der Waals surface area contributed by atoms with E-state index >= 15 is 0 Å². The van der Waals surface area contributed by atoms with E-state index in [1.807, 2.05) is 11.3 Å². The minimum atomic E-state index is 0.252. The van der Waals surface area contributed by atoms with Gasteiger partial charge >= 0.3 is 0 Å². The Morgan fingerprint density at radius 3 is 2.58 bits per heavy atom. The maximum atomic E-state index is 6.49. The first-order valence-corrected chi connectivity index (χ1v) is 9.24. The Labute approximate surface area is 130 Å². The molecule has 1 aliphatic carbocycles. The summed E-state index contributed by atoms with van der Waals surface area (Å²) in [7, 11) is 0. The highest BCUT2D eigenvalue weighted by Gasteiger charge is 2.27. The Morgan fingerprint density at radius 1 is 1.37 bits per heavy atom. The van der Waals surface area contributed by atoms with Crippen LogP contribution in [-0.4, -0.2) is 0 Å². The molecule has 0 radical (unpaired) electrons. The van der Waals surface area contributed by atoms with Crippen LogP contribution in [0.5, 0.6) is 0 Å². The maximum Gasteiger partial charge on any atom is 0.0731 e. The predicted octanol–water partition coefficient (Wildman–Crippen LogP) is 5.82. The van der Waals surface area contributed by atoms with E-state index in [0.717, 1.165) is 5.92 Å². The van der Waals surface area contributed by atoms with Gasteiger partial charge in [0, 0.05) is 10.9 Å². The highest BCUT2D eigenvalue weighted by molar-refractivity contribution is 9.11. The molecule has 0 amide bonds. The largest absolute Gasteiger partial charge is 0.323 e. The van der Waals surface area contributed by atoms with E-state index in [1.165, 1.54) is 59.2 Å².